The molecule has 0 spiro atoms. The summed E-state index contributed by atoms with van der Waals surface area (Å²) >= 11 is 1.30. The minimum absolute atomic E-state index is 0.0818. The minimum atomic E-state index is -0.792. The Labute approximate surface area is 172 Å². The first kappa shape index (κ1) is 20.8. The Balaban J connectivity index is 1.79. The van der Waals surface area contributed by atoms with Crippen LogP contribution in [-0.4, -0.2) is 17.9 Å². The summed E-state index contributed by atoms with van der Waals surface area (Å²) in [5.74, 6) is -1.02. The molecule has 0 fully saturated rings. The zero-order valence-corrected chi connectivity index (χ0v) is 17.6. The van der Waals surface area contributed by atoms with Crippen molar-refractivity contribution in [3.63, 3.8) is 0 Å². The van der Waals surface area contributed by atoms with Gasteiger partial charge in [0.05, 0.1) is 4.88 Å². The van der Waals surface area contributed by atoms with Crippen LogP contribution in [0.25, 0.3) is 11.0 Å². The van der Waals surface area contributed by atoms with Crippen molar-refractivity contribution in [3.8, 4) is 0 Å². The van der Waals surface area contributed by atoms with Gasteiger partial charge in [-0.05, 0) is 42.3 Å². The number of benzene rings is 1. The van der Waals surface area contributed by atoms with Crippen molar-refractivity contribution in [2.75, 3.05) is 0 Å². The molecule has 0 aliphatic heterocycles. The number of nitrogens with one attached hydrogen (secondary N) is 1. The molecule has 0 aliphatic rings. The maximum atomic E-state index is 12.7. The molecule has 0 bridgehead atoms. The SMILES string of the molecule is Cc1ccc2c(COC(=O)[C@@H](NC(=O)c3cccs3)C(C)C)cc(=O)oc2c1C. The van der Waals surface area contributed by atoms with Gasteiger partial charge >= 0.3 is 11.6 Å². The van der Waals surface area contributed by atoms with Gasteiger partial charge in [0.25, 0.3) is 5.91 Å². The van der Waals surface area contributed by atoms with Crippen molar-refractivity contribution < 1.29 is 18.7 Å². The Morgan fingerprint density at radius 2 is 1.97 bits per heavy atom. The van der Waals surface area contributed by atoms with Crippen molar-refractivity contribution in [2.45, 2.75) is 40.3 Å². The van der Waals surface area contributed by atoms with Crippen molar-refractivity contribution in [1.82, 2.24) is 5.32 Å². The fourth-order valence-electron chi connectivity index (χ4n) is 3.00. The molecule has 7 heteroatoms. The number of rotatable bonds is 6. The molecule has 2 heterocycles. The summed E-state index contributed by atoms with van der Waals surface area (Å²) in [4.78, 5) is 37.5. The predicted octanol–water partition coefficient (Wildman–Crippen LogP) is 3.97. The molecule has 29 heavy (non-hydrogen) atoms. The maximum Gasteiger partial charge on any atom is 0.336 e. The van der Waals surface area contributed by atoms with Crippen LogP contribution in [0.4, 0.5) is 0 Å². The summed E-state index contributed by atoms with van der Waals surface area (Å²) in [6.45, 7) is 7.40. The normalized spacial score (nSPS) is 12.2. The molecule has 0 aliphatic carbocycles. The second-order valence-electron chi connectivity index (χ2n) is 7.25. The highest BCUT2D eigenvalue weighted by molar-refractivity contribution is 7.12. The van der Waals surface area contributed by atoms with Crippen LogP contribution in [0.15, 0.2) is 44.9 Å². The van der Waals surface area contributed by atoms with E-state index in [4.69, 9.17) is 9.15 Å². The summed E-state index contributed by atoms with van der Waals surface area (Å²) in [5, 5.41) is 5.26. The average molecular weight is 413 g/mol. The van der Waals surface area contributed by atoms with Crippen LogP contribution in [0.2, 0.25) is 0 Å². The van der Waals surface area contributed by atoms with E-state index < -0.39 is 17.6 Å². The minimum Gasteiger partial charge on any atom is -0.459 e. The lowest BCUT2D eigenvalue weighted by Gasteiger charge is -2.20. The molecule has 6 nitrogen and oxygen atoms in total. The van der Waals surface area contributed by atoms with E-state index in [0.29, 0.717) is 16.0 Å². The van der Waals surface area contributed by atoms with Gasteiger partial charge in [-0.25, -0.2) is 9.59 Å². The lowest BCUT2D eigenvalue weighted by atomic mass is 10.0. The van der Waals surface area contributed by atoms with Crippen LogP contribution in [0, 0.1) is 19.8 Å². The number of amides is 1. The molecular weight excluding hydrogens is 390 g/mol. The Hall–Kier alpha value is -2.93. The molecule has 3 rings (SSSR count). The van der Waals surface area contributed by atoms with Gasteiger partial charge < -0.3 is 14.5 Å². The molecule has 1 atom stereocenters. The van der Waals surface area contributed by atoms with Crippen molar-refractivity contribution >= 4 is 34.2 Å². The molecule has 1 aromatic carbocycles. The number of thiophene rings is 1. The number of fused-ring (bicyclic) bond motifs is 1. The lowest BCUT2D eigenvalue weighted by Crippen LogP contribution is -2.45. The number of esters is 1. The molecule has 0 radical (unpaired) electrons. The summed E-state index contributed by atoms with van der Waals surface area (Å²) in [6, 6.07) is 7.79. The third-order valence-electron chi connectivity index (χ3n) is 4.84. The second-order valence-corrected chi connectivity index (χ2v) is 8.20. The van der Waals surface area contributed by atoms with E-state index in [1.165, 1.54) is 17.4 Å². The Morgan fingerprint density at radius 3 is 2.62 bits per heavy atom. The Morgan fingerprint density at radius 1 is 1.21 bits per heavy atom. The van der Waals surface area contributed by atoms with Gasteiger partial charge in [-0.3, -0.25) is 4.79 Å². The second kappa shape index (κ2) is 8.61. The van der Waals surface area contributed by atoms with Gasteiger partial charge in [-0.15, -0.1) is 11.3 Å². The van der Waals surface area contributed by atoms with Crippen molar-refractivity contribution in [2.24, 2.45) is 5.92 Å². The molecule has 1 amide bonds. The molecule has 152 valence electrons. The van der Waals surface area contributed by atoms with E-state index in [9.17, 15) is 14.4 Å². The summed E-state index contributed by atoms with van der Waals surface area (Å²) < 4.78 is 10.8. The van der Waals surface area contributed by atoms with Crippen molar-refractivity contribution in [3.05, 3.63) is 67.7 Å². The standard InChI is InChI=1S/C22H23NO5S/c1-12(2)19(23-21(25)17-6-5-9-29-17)22(26)27-11-15-10-18(24)28-20-14(4)13(3)7-8-16(15)20/h5-10,12,19H,11H2,1-4H3,(H,23,25)/t19-/m0/s1. The van der Waals surface area contributed by atoms with Crippen LogP contribution in [-0.2, 0) is 16.1 Å². The highest BCUT2D eigenvalue weighted by atomic mass is 32.1. The van der Waals surface area contributed by atoms with Gasteiger partial charge in [0.15, 0.2) is 0 Å². The highest BCUT2D eigenvalue weighted by Gasteiger charge is 2.26. The van der Waals surface area contributed by atoms with Crippen LogP contribution < -0.4 is 10.9 Å². The van der Waals surface area contributed by atoms with Gasteiger partial charge in [-0.2, -0.15) is 0 Å². The highest BCUT2D eigenvalue weighted by Crippen LogP contribution is 2.24. The number of ether oxygens (including phenoxy) is 1. The number of carbonyl (C=O) groups is 2. The molecule has 0 saturated carbocycles. The lowest BCUT2D eigenvalue weighted by molar-refractivity contribution is -0.148. The molecule has 0 saturated heterocycles. The molecular formula is C22H23NO5S. The molecule has 2 aromatic heterocycles. The van der Waals surface area contributed by atoms with E-state index in [1.807, 2.05) is 39.8 Å². The van der Waals surface area contributed by atoms with Crippen LogP contribution in [0.3, 0.4) is 0 Å². The average Bonchev–Trinajstić information content (AvgIpc) is 3.21. The van der Waals surface area contributed by atoms with Gasteiger partial charge in [0.2, 0.25) is 0 Å². The van der Waals surface area contributed by atoms with Crippen LogP contribution in [0.5, 0.6) is 0 Å². The monoisotopic (exact) mass is 413 g/mol. The van der Waals surface area contributed by atoms with Gasteiger partial charge in [0.1, 0.15) is 18.2 Å². The van der Waals surface area contributed by atoms with E-state index in [2.05, 4.69) is 5.32 Å². The van der Waals surface area contributed by atoms with Crippen molar-refractivity contribution in [1.29, 1.82) is 0 Å². The number of hydrogen-bond acceptors (Lipinski definition) is 6. The smallest absolute Gasteiger partial charge is 0.336 e. The predicted molar refractivity (Wildman–Crippen MR) is 112 cm³/mol. The summed E-state index contributed by atoms with van der Waals surface area (Å²) in [5.41, 5.74) is 2.44. The van der Waals surface area contributed by atoms with E-state index >= 15 is 0 Å². The van der Waals surface area contributed by atoms with E-state index in [-0.39, 0.29) is 18.4 Å². The zero-order chi connectivity index (χ0) is 21.1. The van der Waals surface area contributed by atoms with Gasteiger partial charge in [-0.1, -0.05) is 32.0 Å². The number of hydrogen-bond donors (Lipinski definition) is 1. The first-order chi connectivity index (χ1) is 13.8. The third-order valence-corrected chi connectivity index (χ3v) is 5.71. The van der Waals surface area contributed by atoms with E-state index in [1.54, 1.807) is 17.5 Å². The topological polar surface area (TPSA) is 85.6 Å². The number of carbonyl (C=O) groups excluding carboxylic acids is 2. The first-order valence-electron chi connectivity index (χ1n) is 9.32. The molecule has 1 N–H and O–H groups in total. The maximum absolute atomic E-state index is 12.7. The largest absolute Gasteiger partial charge is 0.459 e. The fourth-order valence-corrected chi connectivity index (χ4v) is 3.63. The zero-order valence-electron chi connectivity index (χ0n) is 16.8. The van der Waals surface area contributed by atoms with Crippen LogP contribution in [0.1, 0.15) is 40.2 Å². The quantitative estimate of drug-likeness (QED) is 0.488. The molecule has 3 aromatic rings. The first-order valence-corrected chi connectivity index (χ1v) is 10.2. The van der Waals surface area contributed by atoms with E-state index in [0.717, 1.165) is 16.5 Å². The van der Waals surface area contributed by atoms with Gasteiger partial charge in [0, 0.05) is 17.0 Å². The van der Waals surface area contributed by atoms with Crippen LogP contribution >= 0.6 is 11.3 Å². The fraction of sp³-hybridized carbons (Fsp3) is 0.318. The Kier molecular flexibility index (Phi) is 6.17. The Bertz CT molecular complexity index is 1100. The number of aryl methyl sites for hydroxylation is 2. The summed E-state index contributed by atoms with van der Waals surface area (Å²) in [7, 11) is 0. The molecule has 0 unspecified atom stereocenters. The third kappa shape index (κ3) is 4.56. The summed E-state index contributed by atoms with van der Waals surface area (Å²) in [6.07, 6.45) is 0.